The second-order valence-corrected chi connectivity index (χ2v) is 7.70. The lowest BCUT2D eigenvalue weighted by atomic mass is 9.87. The summed E-state index contributed by atoms with van der Waals surface area (Å²) in [6.07, 6.45) is -3.78. The summed E-state index contributed by atoms with van der Waals surface area (Å²) in [5.74, 6) is -1.64. The summed E-state index contributed by atoms with van der Waals surface area (Å²) < 4.78 is 60.1. The van der Waals surface area contributed by atoms with E-state index in [4.69, 9.17) is 4.74 Å². The molecule has 3 fully saturated rings. The number of hydrogen-bond donors (Lipinski definition) is 0. The Hall–Kier alpha value is -2.36. The Balaban J connectivity index is 1.33. The van der Waals surface area contributed by atoms with Gasteiger partial charge in [0.25, 0.3) is 0 Å². The van der Waals surface area contributed by atoms with Gasteiger partial charge in [0.2, 0.25) is 0 Å². The minimum Gasteiger partial charge on any atom is -0.406 e. The Bertz CT molecular complexity index is 810. The van der Waals surface area contributed by atoms with Crippen LogP contribution >= 0.6 is 0 Å². The van der Waals surface area contributed by atoms with Crippen LogP contribution in [0.1, 0.15) is 24.3 Å². The molecule has 0 aromatic heterocycles. The number of hydrogen-bond acceptors (Lipinski definition) is 4. The topological polar surface area (TPSA) is 59.1 Å². The van der Waals surface area contributed by atoms with Crippen molar-refractivity contribution in [1.29, 1.82) is 0 Å². The van der Waals surface area contributed by atoms with E-state index in [0.717, 1.165) is 6.07 Å². The van der Waals surface area contributed by atoms with Crippen LogP contribution in [0.2, 0.25) is 0 Å². The molecule has 29 heavy (non-hydrogen) atoms. The first-order valence-corrected chi connectivity index (χ1v) is 9.42. The summed E-state index contributed by atoms with van der Waals surface area (Å²) in [5, 5.41) is 0. The molecule has 3 aliphatic rings. The van der Waals surface area contributed by atoms with Gasteiger partial charge >= 0.3 is 12.4 Å². The van der Waals surface area contributed by atoms with Crippen molar-refractivity contribution < 1.29 is 36.6 Å². The van der Waals surface area contributed by atoms with Gasteiger partial charge in [-0.3, -0.25) is 4.79 Å². The zero-order valence-corrected chi connectivity index (χ0v) is 15.5. The minimum absolute atomic E-state index is 0.00430. The molecule has 4 rings (SSSR count). The van der Waals surface area contributed by atoms with Crippen LogP contribution in [0.3, 0.4) is 0 Å². The van der Waals surface area contributed by atoms with Gasteiger partial charge in [0, 0.05) is 50.5 Å². The summed E-state index contributed by atoms with van der Waals surface area (Å²) in [6.45, 7) is 1.70. The molecule has 0 saturated carbocycles. The van der Waals surface area contributed by atoms with Gasteiger partial charge in [-0.1, -0.05) is 6.07 Å². The number of nitrogens with zero attached hydrogens (tertiary/aromatic N) is 2. The van der Waals surface area contributed by atoms with Crippen molar-refractivity contribution in [2.75, 3.05) is 32.8 Å². The number of piperidine rings is 1. The molecule has 0 bridgehead atoms. The number of likely N-dealkylation sites (tertiary alicyclic amines) is 2. The Morgan fingerprint density at radius 3 is 2.62 bits per heavy atom. The third-order valence-corrected chi connectivity index (χ3v) is 5.68. The number of alkyl halides is 3. The highest BCUT2D eigenvalue weighted by Crippen LogP contribution is 2.34. The molecule has 2 amide bonds. The summed E-state index contributed by atoms with van der Waals surface area (Å²) in [5.41, 5.74) is 0.258. The first-order chi connectivity index (χ1) is 13.7. The summed E-state index contributed by atoms with van der Waals surface area (Å²) in [6, 6.07) is 2.87. The molecule has 6 nitrogen and oxygen atoms in total. The van der Waals surface area contributed by atoms with Crippen molar-refractivity contribution in [3.63, 3.8) is 0 Å². The number of ketones is 1. The highest BCUT2D eigenvalue weighted by atomic mass is 19.4. The van der Waals surface area contributed by atoms with E-state index in [9.17, 15) is 27.2 Å². The van der Waals surface area contributed by atoms with Gasteiger partial charge in [0.1, 0.15) is 18.2 Å². The molecule has 0 unspecified atom stereocenters. The molecule has 158 valence electrons. The van der Waals surface area contributed by atoms with E-state index in [0.29, 0.717) is 32.0 Å². The number of benzene rings is 1. The van der Waals surface area contributed by atoms with Crippen molar-refractivity contribution in [3.05, 3.63) is 29.6 Å². The fraction of sp³-hybridized carbons (Fsp3) is 0.579. The maximum Gasteiger partial charge on any atom is 0.573 e. The smallest absolute Gasteiger partial charge is 0.406 e. The van der Waals surface area contributed by atoms with Crippen molar-refractivity contribution >= 4 is 11.8 Å². The lowest BCUT2D eigenvalue weighted by Crippen LogP contribution is -2.58. The molecule has 3 heterocycles. The van der Waals surface area contributed by atoms with Crippen LogP contribution in [-0.4, -0.2) is 66.9 Å². The van der Waals surface area contributed by atoms with E-state index in [-0.39, 0.29) is 55.0 Å². The Morgan fingerprint density at radius 1 is 1.17 bits per heavy atom. The summed E-state index contributed by atoms with van der Waals surface area (Å²) in [4.78, 5) is 27.5. The predicted octanol–water partition coefficient (Wildman–Crippen LogP) is 2.92. The standard InChI is InChI=1S/C19H20F4N2O4/c20-16-6-14(29-19(21,22)23)1-2-15(16)12-8-25(9-12)18(27)24-4-3-17-11(7-24)5-13(26)10-28-17/h1-2,6,11-12,17H,3-5,7-10H2/t11-,17+/m1/s1. The van der Waals surface area contributed by atoms with Crippen LogP contribution in [0, 0.1) is 11.7 Å². The van der Waals surface area contributed by atoms with Gasteiger partial charge in [0.05, 0.1) is 6.10 Å². The molecule has 10 heteroatoms. The number of amides is 2. The fourth-order valence-electron chi connectivity index (χ4n) is 4.22. The van der Waals surface area contributed by atoms with Gasteiger partial charge in [0.15, 0.2) is 5.78 Å². The SMILES string of the molecule is O=C1CO[C@H]2CCN(C(=O)N3CC(c4ccc(OC(F)(F)F)cc4F)C3)C[C@H]2C1. The summed E-state index contributed by atoms with van der Waals surface area (Å²) >= 11 is 0. The predicted molar refractivity (Wildman–Crippen MR) is 91.8 cm³/mol. The van der Waals surface area contributed by atoms with Gasteiger partial charge in [-0.05, 0) is 18.1 Å². The van der Waals surface area contributed by atoms with Crippen molar-refractivity contribution in [2.24, 2.45) is 5.92 Å². The number of Topliss-reactive ketones (excluding diaryl/α,β-unsaturated/α-hetero) is 1. The molecule has 2 atom stereocenters. The zero-order chi connectivity index (χ0) is 20.8. The van der Waals surface area contributed by atoms with E-state index in [1.54, 1.807) is 9.80 Å². The van der Waals surface area contributed by atoms with Gasteiger partial charge < -0.3 is 19.3 Å². The quantitative estimate of drug-likeness (QED) is 0.696. The molecule has 3 aliphatic heterocycles. The highest BCUT2D eigenvalue weighted by molar-refractivity contribution is 5.81. The van der Waals surface area contributed by atoms with E-state index in [2.05, 4.69) is 4.74 Å². The lowest BCUT2D eigenvalue weighted by molar-refractivity contribution is -0.274. The first-order valence-electron chi connectivity index (χ1n) is 9.42. The molecule has 0 radical (unpaired) electrons. The van der Waals surface area contributed by atoms with Crippen LogP contribution < -0.4 is 4.74 Å². The second kappa shape index (κ2) is 7.47. The molecule has 1 aromatic carbocycles. The average Bonchev–Trinajstić information content (AvgIpc) is 2.60. The number of carbonyl (C=O) groups is 2. The number of carbonyl (C=O) groups excluding carboxylic acids is 2. The van der Waals surface area contributed by atoms with Crippen molar-refractivity contribution in [2.45, 2.75) is 31.2 Å². The van der Waals surface area contributed by atoms with Crippen LogP contribution in [0.25, 0.3) is 0 Å². The van der Waals surface area contributed by atoms with Crippen molar-refractivity contribution in [3.8, 4) is 5.75 Å². The highest BCUT2D eigenvalue weighted by Gasteiger charge is 2.41. The van der Waals surface area contributed by atoms with E-state index < -0.39 is 17.9 Å². The summed E-state index contributed by atoms with van der Waals surface area (Å²) in [7, 11) is 0. The fourth-order valence-corrected chi connectivity index (χ4v) is 4.22. The number of ether oxygens (including phenoxy) is 2. The number of halogens is 4. The Labute approximate surface area is 164 Å². The molecular weight excluding hydrogens is 396 g/mol. The molecule has 0 spiro atoms. The van der Waals surface area contributed by atoms with E-state index >= 15 is 0 Å². The Kier molecular flexibility index (Phi) is 5.14. The van der Waals surface area contributed by atoms with Crippen LogP contribution in [-0.2, 0) is 9.53 Å². The normalized spacial score (nSPS) is 25.4. The zero-order valence-electron chi connectivity index (χ0n) is 15.5. The molecule has 0 N–H and O–H groups in total. The third-order valence-electron chi connectivity index (χ3n) is 5.68. The third kappa shape index (κ3) is 4.31. The van der Waals surface area contributed by atoms with E-state index in [1.807, 2.05) is 0 Å². The average molecular weight is 416 g/mol. The molecular formula is C19H20F4N2O4. The van der Waals surface area contributed by atoms with E-state index in [1.165, 1.54) is 6.07 Å². The van der Waals surface area contributed by atoms with Crippen LogP contribution in [0.4, 0.5) is 22.4 Å². The van der Waals surface area contributed by atoms with Crippen molar-refractivity contribution in [1.82, 2.24) is 9.80 Å². The van der Waals surface area contributed by atoms with Gasteiger partial charge in [-0.2, -0.15) is 0 Å². The monoisotopic (exact) mass is 416 g/mol. The largest absolute Gasteiger partial charge is 0.573 e. The van der Waals surface area contributed by atoms with Gasteiger partial charge in [-0.15, -0.1) is 13.2 Å². The first kappa shape index (κ1) is 19.9. The number of urea groups is 1. The molecule has 1 aromatic rings. The number of fused-ring (bicyclic) bond motifs is 1. The molecule has 0 aliphatic carbocycles. The molecule has 3 saturated heterocycles. The van der Waals surface area contributed by atoms with Crippen LogP contribution in [0.5, 0.6) is 5.75 Å². The van der Waals surface area contributed by atoms with Gasteiger partial charge in [-0.25, -0.2) is 9.18 Å². The number of rotatable bonds is 2. The maximum absolute atomic E-state index is 14.2. The second-order valence-electron chi connectivity index (χ2n) is 7.70. The maximum atomic E-state index is 14.2. The minimum atomic E-state index is -4.88. The lowest BCUT2D eigenvalue weighted by Gasteiger charge is -2.46. The van der Waals surface area contributed by atoms with Crippen LogP contribution in [0.15, 0.2) is 18.2 Å². The Morgan fingerprint density at radius 2 is 1.93 bits per heavy atom.